The van der Waals surface area contributed by atoms with Gasteiger partial charge in [0.1, 0.15) is 5.82 Å². The van der Waals surface area contributed by atoms with Crippen molar-refractivity contribution in [2.24, 2.45) is 5.92 Å². The van der Waals surface area contributed by atoms with Gasteiger partial charge >= 0.3 is 0 Å². The molecule has 0 saturated carbocycles. The molecule has 0 radical (unpaired) electrons. The normalized spacial score (nSPS) is 19.8. The van der Waals surface area contributed by atoms with Crippen LogP contribution in [-0.4, -0.2) is 43.1 Å². The summed E-state index contributed by atoms with van der Waals surface area (Å²) in [6, 6.07) is 2.18. The molecule has 0 aliphatic carbocycles. The summed E-state index contributed by atoms with van der Waals surface area (Å²) in [6.07, 6.45) is 3.19. The predicted molar refractivity (Wildman–Crippen MR) is 80.2 cm³/mol. The Labute approximate surface area is 118 Å². The fraction of sp³-hybridized carbons (Fsp3) is 0.643. The highest BCUT2D eigenvalue weighted by Gasteiger charge is 2.24. The van der Waals surface area contributed by atoms with Crippen molar-refractivity contribution >= 4 is 21.7 Å². The maximum absolute atomic E-state index is 4.52. The molecule has 1 saturated heterocycles. The summed E-state index contributed by atoms with van der Waals surface area (Å²) in [5, 5.41) is 0. The van der Waals surface area contributed by atoms with E-state index in [-0.39, 0.29) is 0 Å². The van der Waals surface area contributed by atoms with Gasteiger partial charge in [0, 0.05) is 30.3 Å². The second-order valence-corrected chi connectivity index (χ2v) is 6.10. The van der Waals surface area contributed by atoms with Gasteiger partial charge in [0.25, 0.3) is 0 Å². The first-order chi connectivity index (χ1) is 8.60. The van der Waals surface area contributed by atoms with Gasteiger partial charge < -0.3 is 9.80 Å². The Kier molecular flexibility index (Phi) is 4.62. The molecule has 0 aromatic carbocycles. The van der Waals surface area contributed by atoms with Crippen LogP contribution in [0.1, 0.15) is 18.9 Å². The molecule has 1 aromatic rings. The number of halogens is 1. The monoisotopic (exact) mass is 311 g/mol. The van der Waals surface area contributed by atoms with Gasteiger partial charge in [0.2, 0.25) is 0 Å². The van der Waals surface area contributed by atoms with E-state index >= 15 is 0 Å². The molecule has 4 heteroatoms. The Morgan fingerprint density at radius 3 is 3.00 bits per heavy atom. The number of anilines is 1. The fourth-order valence-corrected chi connectivity index (χ4v) is 2.67. The maximum Gasteiger partial charge on any atom is 0.128 e. The average Bonchev–Trinajstić information content (AvgIpc) is 2.81. The highest BCUT2D eigenvalue weighted by molar-refractivity contribution is 9.10. The van der Waals surface area contributed by atoms with E-state index in [1.807, 2.05) is 6.20 Å². The first kappa shape index (κ1) is 13.8. The van der Waals surface area contributed by atoms with Gasteiger partial charge in [-0.25, -0.2) is 4.98 Å². The summed E-state index contributed by atoms with van der Waals surface area (Å²) in [5.74, 6) is 1.90. The van der Waals surface area contributed by atoms with Gasteiger partial charge in [-0.3, -0.25) is 0 Å². The average molecular weight is 312 g/mol. The Balaban J connectivity index is 1.97. The van der Waals surface area contributed by atoms with Crippen LogP contribution in [0.5, 0.6) is 0 Å². The van der Waals surface area contributed by atoms with Gasteiger partial charge in [-0.2, -0.15) is 0 Å². The van der Waals surface area contributed by atoms with Crippen molar-refractivity contribution in [3.8, 4) is 0 Å². The molecular weight excluding hydrogens is 290 g/mol. The second kappa shape index (κ2) is 6.02. The molecule has 2 heterocycles. The van der Waals surface area contributed by atoms with Crippen molar-refractivity contribution in [1.82, 2.24) is 9.88 Å². The van der Waals surface area contributed by atoms with Crippen molar-refractivity contribution in [1.29, 1.82) is 0 Å². The number of hydrogen-bond donors (Lipinski definition) is 0. The molecule has 1 unspecified atom stereocenters. The number of aromatic nitrogens is 1. The number of hydrogen-bond acceptors (Lipinski definition) is 3. The highest BCUT2D eigenvalue weighted by atomic mass is 79.9. The fourth-order valence-electron chi connectivity index (χ4n) is 2.46. The van der Waals surface area contributed by atoms with E-state index in [0.717, 1.165) is 35.8 Å². The molecule has 1 aliphatic heterocycles. The first-order valence-electron chi connectivity index (χ1n) is 6.65. The lowest BCUT2D eigenvalue weighted by molar-refractivity contribution is 0.300. The van der Waals surface area contributed by atoms with Crippen molar-refractivity contribution in [2.45, 2.75) is 20.3 Å². The zero-order valence-corrected chi connectivity index (χ0v) is 13.1. The molecular formula is C14H22BrN3. The van der Waals surface area contributed by atoms with E-state index in [2.05, 4.69) is 57.7 Å². The molecule has 2 rings (SSSR count). The standard InChI is InChI=1S/C14H22BrN3/c1-4-17(3)9-12-5-6-18(10-12)14-7-11(2)13(15)8-16-14/h7-8,12H,4-6,9-10H2,1-3H3. The molecule has 0 amide bonds. The van der Waals surface area contributed by atoms with E-state index < -0.39 is 0 Å². The number of aryl methyl sites for hydroxylation is 1. The number of nitrogens with zero attached hydrogens (tertiary/aromatic N) is 3. The minimum absolute atomic E-state index is 0.778. The minimum Gasteiger partial charge on any atom is -0.356 e. The van der Waals surface area contributed by atoms with E-state index in [0.29, 0.717) is 0 Å². The Hall–Kier alpha value is -0.610. The van der Waals surface area contributed by atoms with Gasteiger partial charge in [-0.05, 0) is 60.4 Å². The Morgan fingerprint density at radius 1 is 1.56 bits per heavy atom. The molecule has 3 nitrogen and oxygen atoms in total. The molecule has 0 N–H and O–H groups in total. The third-order valence-corrected chi connectivity index (χ3v) is 4.58. The third-order valence-electron chi connectivity index (χ3n) is 3.75. The van der Waals surface area contributed by atoms with Crippen LogP contribution in [0.2, 0.25) is 0 Å². The largest absolute Gasteiger partial charge is 0.356 e. The van der Waals surface area contributed by atoms with Crippen LogP contribution in [0.15, 0.2) is 16.7 Å². The van der Waals surface area contributed by atoms with E-state index in [9.17, 15) is 0 Å². The van der Waals surface area contributed by atoms with Gasteiger partial charge in [-0.1, -0.05) is 6.92 Å². The number of rotatable bonds is 4. The molecule has 1 fully saturated rings. The molecule has 100 valence electrons. The van der Waals surface area contributed by atoms with E-state index in [1.54, 1.807) is 0 Å². The zero-order chi connectivity index (χ0) is 13.1. The third kappa shape index (κ3) is 3.23. The maximum atomic E-state index is 4.52. The predicted octanol–water partition coefficient (Wildman–Crippen LogP) is 2.93. The second-order valence-electron chi connectivity index (χ2n) is 5.25. The lowest BCUT2D eigenvalue weighted by Gasteiger charge is -2.21. The van der Waals surface area contributed by atoms with Crippen LogP contribution >= 0.6 is 15.9 Å². The van der Waals surface area contributed by atoms with Gasteiger partial charge in [0.15, 0.2) is 0 Å². The van der Waals surface area contributed by atoms with Crippen LogP contribution in [-0.2, 0) is 0 Å². The molecule has 0 bridgehead atoms. The summed E-state index contributed by atoms with van der Waals surface area (Å²) in [4.78, 5) is 9.33. The lowest BCUT2D eigenvalue weighted by Crippen LogP contribution is -2.28. The molecule has 0 spiro atoms. The van der Waals surface area contributed by atoms with Gasteiger partial charge in [0.05, 0.1) is 0 Å². The summed E-state index contributed by atoms with van der Waals surface area (Å²) in [6.45, 7) is 8.93. The van der Waals surface area contributed by atoms with Crippen LogP contribution in [0.25, 0.3) is 0 Å². The highest BCUT2D eigenvalue weighted by Crippen LogP contribution is 2.25. The Morgan fingerprint density at radius 2 is 2.33 bits per heavy atom. The Bertz CT molecular complexity index is 408. The van der Waals surface area contributed by atoms with Crippen molar-refractivity contribution in [3.05, 3.63) is 22.3 Å². The zero-order valence-electron chi connectivity index (χ0n) is 11.5. The smallest absolute Gasteiger partial charge is 0.128 e. The van der Waals surface area contributed by atoms with Crippen molar-refractivity contribution in [2.75, 3.05) is 38.1 Å². The molecule has 1 atom stereocenters. The summed E-state index contributed by atoms with van der Waals surface area (Å²) in [7, 11) is 2.20. The van der Waals surface area contributed by atoms with Crippen LogP contribution in [0, 0.1) is 12.8 Å². The number of pyridine rings is 1. The quantitative estimate of drug-likeness (QED) is 0.852. The first-order valence-corrected chi connectivity index (χ1v) is 7.45. The summed E-state index contributed by atoms with van der Waals surface area (Å²) in [5.41, 5.74) is 1.26. The topological polar surface area (TPSA) is 19.4 Å². The van der Waals surface area contributed by atoms with Crippen molar-refractivity contribution in [3.63, 3.8) is 0 Å². The molecule has 1 aromatic heterocycles. The van der Waals surface area contributed by atoms with Crippen LogP contribution < -0.4 is 4.90 Å². The van der Waals surface area contributed by atoms with Crippen molar-refractivity contribution < 1.29 is 0 Å². The summed E-state index contributed by atoms with van der Waals surface area (Å²) >= 11 is 3.50. The lowest BCUT2D eigenvalue weighted by atomic mass is 10.1. The van der Waals surface area contributed by atoms with Gasteiger partial charge in [-0.15, -0.1) is 0 Å². The molecule has 18 heavy (non-hydrogen) atoms. The molecule has 1 aliphatic rings. The van der Waals surface area contributed by atoms with Crippen LogP contribution in [0.3, 0.4) is 0 Å². The summed E-state index contributed by atoms with van der Waals surface area (Å²) < 4.78 is 1.09. The van der Waals surface area contributed by atoms with E-state index in [4.69, 9.17) is 0 Å². The van der Waals surface area contributed by atoms with Crippen LogP contribution in [0.4, 0.5) is 5.82 Å². The SMILES string of the molecule is CCN(C)CC1CCN(c2cc(C)c(Br)cn2)C1. The van der Waals surface area contributed by atoms with E-state index in [1.165, 1.54) is 18.5 Å². The minimum atomic E-state index is 0.778.